The van der Waals surface area contributed by atoms with E-state index in [0.29, 0.717) is 20.8 Å². The Morgan fingerprint density at radius 1 is 1.50 bits per heavy atom. The summed E-state index contributed by atoms with van der Waals surface area (Å²) in [6, 6.07) is 5.39. The summed E-state index contributed by atoms with van der Waals surface area (Å²) in [5, 5.41) is 0.604. The molecule has 0 unspecified atom stereocenters. The Hall–Kier alpha value is -0.400. The molecule has 0 fully saturated rings. The van der Waals surface area contributed by atoms with Crippen LogP contribution in [0.5, 0.6) is 0 Å². The molecule has 6 heteroatoms. The number of hydrogen-bond acceptors (Lipinski definition) is 2. The van der Waals surface area contributed by atoms with Crippen molar-refractivity contribution in [3.8, 4) is 11.4 Å². The monoisotopic (exact) mass is 438 g/mol. The summed E-state index contributed by atoms with van der Waals surface area (Å²) in [7, 11) is 0. The van der Waals surface area contributed by atoms with Gasteiger partial charge in [0.2, 0.25) is 0 Å². The van der Waals surface area contributed by atoms with Gasteiger partial charge in [0.05, 0.1) is 9.26 Å². The molecule has 0 saturated carbocycles. The summed E-state index contributed by atoms with van der Waals surface area (Å²) >= 11 is 11.4. The molecule has 0 aliphatic heterocycles. The maximum Gasteiger partial charge on any atom is 0.264 e. The lowest BCUT2D eigenvalue weighted by Crippen LogP contribution is -2.16. The normalized spacial score (nSPS) is 10.7. The van der Waals surface area contributed by atoms with Gasteiger partial charge in [-0.25, -0.2) is 4.98 Å². The molecule has 0 radical (unpaired) electrons. The molecule has 3 nitrogen and oxygen atoms in total. The molecule has 1 heterocycles. The van der Waals surface area contributed by atoms with Crippen LogP contribution < -0.4 is 5.56 Å². The molecule has 94 valence electrons. The fourth-order valence-electron chi connectivity index (χ4n) is 1.55. The maximum absolute atomic E-state index is 11.8. The highest BCUT2D eigenvalue weighted by Crippen LogP contribution is 2.28. The highest BCUT2D eigenvalue weighted by atomic mass is 127. The van der Waals surface area contributed by atoms with Gasteiger partial charge in [-0.3, -0.25) is 4.79 Å². The number of aromatic amines is 1. The van der Waals surface area contributed by atoms with Crippen molar-refractivity contribution in [2.24, 2.45) is 0 Å². The number of aryl methyl sites for hydroxylation is 1. The van der Waals surface area contributed by atoms with Crippen molar-refractivity contribution in [3.63, 3.8) is 0 Å². The Labute approximate surface area is 131 Å². The van der Waals surface area contributed by atoms with Crippen molar-refractivity contribution in [2.75, 3.05) is 0 Å². The molecule has 2 rings (SSSR count). The average Bonchev–Trinajstić information content (AvgIpc) is 2.35. The minimum absolute atomic E-state index is 0.121. The molecule has 1 N–H and O–H groups in total. The van der Waals surface area contributed by atoms with Crippen LogP contribution in [0.15, 0.2) is 27.5 Å². The highest BCUT2D eigenvalue weighted by Gasteiger charge is 2.11. The molecule has 0 aliphatic carbocycles. The van der Waals surface area contributed by atoms with Crippen LogP contribution in [0, 0.1) is 3.57 Å². The summed E-state index contributed by atoms with van der Waals surface area (Å²) in [5.41, 5.74) is 1.45. The summed E-state index contributed by atoms with van der Waals surface area (Å²) in [6.07, 6.45) is 0.716. The van der Waals surface area contributed by atoms with Crippen molar-refractivity contribution in [2.45, 2.75) is 13.3 Å². The predicted octanol–water partition coefficient (Wildman–Crippen LogP) is 4.02. The van der Waals surface area contributed by atoms with E-state index < -0.39 is 0 Å². The molecular weight excluding hydrogens is 430 g/mol. The molecule has 18 heavy (non-hydrogen) atoms. The van der Waals surface area contributed by atoms with Crippen molar-refractivity contribution in [3.05, 3.63) is 47.3 Å². The molecule has 0 saturated heterocycles. The van der Waals surface area contributed by atoms with Gasteiger partial charge in [-0.2, -0.15) is 0 Å². The second-order valence-corrected chi connectivity index (χ2v) is 6.02. The van der Waals surface area contributed by atoms with Crippen molar-refractivity contribution in [1.29, 1.82) is 0 Å². The van der Waals surface area contributed by atoms with Crippen LogP contribution in [0.1, 0.15) is 12.6 Å². The minimum atomic E-state index is -0.121. The number of rotatable bonds is 2. The van der Waals surface area contributed by atoms with Gasteiger partial charge < -0.3 is 4.98 Å². The third-order valence-electron chi connectivity index (χ3n) is 2.45. The van der Waals surface area contributed by atoms with Gasteiger partial charge in [0.1, 0.15) is 5.82 Å². The molecule has 2 aromatic rings. The Morgan fingerprint density at radius 2 is 2.22 bits per heavy atom. The Kier molecular flexibility index (Phi) is 4.45. The fraction of sp³-hybridized carbons (Fsp3) is 0.167. The van der Waals surface area contributed by atoms with Crippen LogP contribution in [0.3, 0.4) is 0 Å². The van der Waals surface area contributed by atoms with E-state index in [-0.39, 0.29) is 5.56 Å². The second-order valence-electron chi connectivity index (χ2n) is 3.65. The first-order chi connectivity index (χ1) is 8.52. The smallest absolute Gasteiger partial charge is 0.264 e. The quantitative estimate of drug-likeness (QED) is 0.719. The van der Waals surface area contributed by atoms with E-state index >= 15 is 0 Å². The first-order valence-corrected chi connectivity index (χ1v) is 7.52. The number of nitrogens with one attached hydrogen (secondary N) is 1. The topological polar surface area (TPSA) is 45.8 Å². The Bertz CT molecular complexity index is 657. The van der Waals surface area contributed by atoms with Crippen LogP contribution in [-0.4, -0.2) is 9.97 Å². The first-order valence-electron chi connectivity index (χ1n) is 5.27. The number of H-pyrrole nitrogens is 1. The SMILES string of the molecule is CCc1nc(-c2cc(Cl)ccc2Br)[nH]c(=O)c1I. The standard InChI is InChI=1S/C12H9BrClIN2O/c1-2-9-10(15)12(18)17-11(16-9)7-5-6(14)3-4-8(7)13/h3-5H,2H2,1H3,(H,16,17,18). The van der Waals surface area contributed by atoms with Gasteiger partial charge >= 0.3 is 0 Å². The van der Waals surface area contributed by atoms with E-state index in [1.807, 2.05) is 35.6 Å². The zero-order valence-corrected chi connectivity index (χ0v) is 13.9. The molecular formula is C12H9BrClIN2O. The fourth-order valence-corrected chi connectivity index (χ4v) is 2.79. The maximum atomic E-state index is 11.8. The lowest BCUT2D eigenvalue weighted by molar-refractivity contribution is 0.968. The van der Waals surface area contributed by atoms with Gasteiger partial charge in [0.25, 0.3) is 5.56 Å². The number of halogens is 3. The highest BCUT2D eigenvalue weighted by molar-refractivity contribution is 14.1. The van der Waals surface area contributed by atoms with E-state index in [2.05, 4.69) is 25.9 Å². The summed E-state index contributed by atoms with van der Waals surface area (Å²) < 4.78 is 1.48. The number of aromatic nitrogens is 2. The van der Waals surface area contributed by atoms with Crippen LogP contribution in [0.25, 0.3) is 11.4 Å². The van der Waals surface area contributed by atoms with Gasteiger partial charge in [-0.05, 0) is 47.2 Å². The van der Waals surface area contributed by atoms with Gasteiger partial charge in [-0.15, -0.1) is 0 Å². The zero-order valence-electron chi connectivity index (χ0n) is 9.43. The third-order valence-corrected chi connectivity index (χ3v) is 4.49. The molecule has 0 bridgehead atoms. The molecule has 1 aromatic carbocycles. The summed E-state index contributed by atoms with van der Waals surface area (Å²) in [6.45, 7) is 1.97. The van der Waals surface area contributed by atoms with E-state index in [4.69, 9.17) is 11.6 Å². The summed E-state index contributed by atoms with van der Waals surface area (Å²) in [5.74, 6) is 0.534. The Morgan fingerprint density at radius 3 is 2.89 bits per heavy atom. The predicted molar refractivity (Wildman–Crippen MR) is 85.1 cm³/mol. The largest absolute Gasteiger partial charge is 0.306 e. The van der Waals surface area contributed by atoms with Gasteiger partial charge in [0, 0.05) is 15.1 Å². The van der Waals surface area contributed by atoms with Crippen molar-refractivity contribution >= 4 is 50.1 Å². The number of hydrogen-bond donors (Lipinski definition) is 1. The van der Waals surface area contributed by atoms with E-state index in [0.717, 1.165) is 15.7 Å². The van der Waals surface area contributed by atoms with Gasteiger partial charge in [0.15, 0.2) is 0 Å². The van der Waals surface area contributed by atoms with Crippen LogP contribution >= 0.6 is 50.1 Å². The first kappa shape index (κ1) is 14.0. The number of benzene rings is 1. The zero-order chi connectivity index (χ0) is 13.3. The molecule has 0 atom stereocenters. The average molecular weight is 439 g/mol. The van der Waals surface area contributed by atoms with E-state index in [9.17, 15) is 4.79 Å². The molecule has 0 amide bonds. The van der Waals surface area contributed by atoms with Crippen LogP contribution in [0.4, 0.5) is 0 Å². The molecule has 0 aliphatic rings. The van der Waals surface area contributed by atoms with Gasteiger partial charge in [-0.1, -0.05) is 34.5 Å². The van der Waals surface area contributed by atoms with E-state index in [1.54, 1.807) is 12.1 Å². The minimum Gasteiger partial charge on any atom is -0.306 e. The van der Waals surface area contributed by atoms with Crippen LogP contribution in [-0.2, 0) is 6.42 Å². The van der Waals surface area contributed by atoms with Crippen molar-refractivity contribution in [1.82, 2.24) is 9.97 Å². The molecule has 1 aromatic heterocycles. The molecule has 0 spiro atoms. The lowest BCUT2D eigenvalue weighted by Gasteiger charge is -2.07. The lowest BCUT2D eigenvalue weighted by atomic mass is 10.2. The summed E-state index contributed by atoms with van der Waals surface area (Å²) in [4.78, 5) is 19.1. The Balaban J connectivity index is 2.68. The van der Waals surface area contributed by atoms with Crippen molar-refractivity contribution < 1.29 is 0 Å². The van der Waals surface area contributed by atoms with E-state index in [1.165, 1.54) is 0 Å². The second kappa shape index (κ2) is 5.71. The third kappa shape index (κ3) is 2.78. The van der Waals surface area contributed by atoms with Crippen LogP contribution in [0.2, 0.25) is 5.02 Å². The number of nitrogens with zero attached hydrogens (tertiary/aromatic N) is 1.